The van der Waals surface area contributed by atoms with Gasteiger partial charge in [0.1, 0.15) is 6.33 Å². The van der Waals surface area contributed by atoms with Crippen LogP contribution >= 0.6 is 0 Å². The Morgan fingerprint density at radius 1 is 1.00 bits per heavy atom. The van der Waals surface area contributed by atoms with E-state index < -0.39 is 0 Å². The van der Waals surface area contributed by atoms with Crippen LogP contribution in [0, 0.1) is 0 Å². The molecule has 0 fully saturated rings. The molecule has 0 saturated carbocycles. The Hall–Kier alpha value is -2.26. The predicted molar refractivity (Wildman–Crippen MR) is 84.2 cm³/mol. The lowest BCUT2D eigenvalue weighted by Crippen LogP contribution is -2.26. The Balaban J connectivity index is 1.79. The number of hydrogen-bond donors (Lipinski definition) is 1. The van der Waals surface area contributed by atoms with Crippen LogP contribution in [0.5, 0.6) is 0 Å². The Morgan fingerprint density at radius 2 is 1.90 bits per heavy atom. The molecule has 4 rings (SSSR count). The van der Waals surface area contributed by atoms with Gasteiger partial charge < -0.3 is 5.32 Å². The molecule has 21 heavy (non-hydrogen) atoms. The topological polar surface area (TPSA) is 37.8 Å². The summed E-state index contributed by atoms with van der Waals surface area (Å²) in [5.74, 6) is 0. The van der Waals surface area contributed by atoms with Crippen molar-refractivity contribution < 1.29 is 0 Å². The molecule has 3 heteroatoms. The summed E-state index contributed by atoms with van der Waals surface area (Å²) < 4.78 is 0. The van der Waals surface area contributed by atoms with Gasteiger partial charge in [0.15, 0.2) is 0 Å². The van der Waals surface area contributed by atoms with Crippen molar-refractivity contribution in [3.63, 3.8) is 0 Å². The largest absolute Gasteiger partial charge is 0.312 e. The number of fused-ring (bicyclic) bond motifs is 2. The van der Waals surface area contributed by atoms with Crippen LogP contribution in [0.4, 0.5) is 0 Å². The van der Waals surface area contributed by atoms with E-state index in [1.54, 1.807) is 6.33 Å². The summed E-state index contributed by atoms with van der Waals surface area (Å²) in [4.78, 5) is 8.98. The van der Waals surface area contributed by atoms with Crippen molar-refractivity contribution in [2.75, 3.05) is 6.54 Å². The van der Waals surface area contributed by atoms with Crippen molar-refractivity contribution in [2.24, 2.45) is 0 Å². The van der Waals surface area contributed by atoms with E-state index in [4.69, 9.17) is 0 Å². The summed E-state index contributed by atoms with van der Waals surface area (Å²) in [5.41, 5.74) is 4.98. The molecule has 1 aliphatic rings. The monoisotopic (exact) mass is 275 g/mol. The fraction of sp³-hybridized carbons (Fsp3) is 0.222. The molecule has 3 nitrogen and oxygen atoms in total. The molecule has 0 saturated heterocycles. The molecule has 2 aromatic carbocycles. The molecule has 0 amide bonds. The normalized spacial score (nSPS) is 14.1. The molecule has 0 aliphatic carbocycles. The lowest BCUT2D eigenvalue weighted by Gasteiger charge is -2.18. The van der Waals surface area contributed by atoms with Crippen LogP contribution in [0.2, 0.25) is 0 Å². The van der Waals surface area contributed by atoms with Crippen molar-refractivity contribution in [3.05, 3.63) is 71.3 Å². The maximum absolute atomic E-state index is 4.54. The summed E-state index contributed by atoms with van der Waals surface area (Å²) in [5, 5.41) is 6.03. The maximum atomic E-state index is 4.54. The van der Waals surface area contributed by atoms with Crippen molar-refractivity contribution in [2.45, 2.75) is 19.4 Å². The Morgan fingerprint density at radius 3 is 2.90 bits per heavy atom. The second-order valence-electron chi connectivity index (χ2n) is 5.49. The SMILES string of the molecule is c1ccc2c(Cc3ncnc4c3CNCC4)cccc2c1. The van der Waals surface area contributed by atoms with Crippen LogP contribution in [0.1, 0.15) is 22.5 Å². The van der Waals surface area contributed by atoms with Gasteiger partial charge in [-0.25, -0.2) is 9.97 Å². The zero-order valence-corrected chi connectivity index (χ0v) is 11.8. The molecular weight excluding hydrogens is 258 g/mol. The minimum absolute atomic E-state index is 0.869. The lowest BCUT2D eigenvalue weighted by atomic mass is 9.97. The van der Waals surface area contributed by atoms with Crippen LogP contribution in [-0.4, -0.2) is 16.5 Å². The second-order valence-corrected chi connectivity index (χ2v) is 5.49. The molecular formula is C18H17N3. The molecule has 0 radical (unpaired) electrons. The number of nitrogens with zero attached hydrogens (tertiary/aromatic N) is 2. The fourth-order valence-corrected chi connectivity index (χ4v) is 3.11. The minimum atomic E-state index is 0.869. The summed E-state index contributed by atoms with van der Waals surface area (Å²) >= 11 is 0. The smallest absolute Gasteiger partial charge is 0.115 e. The number of benzene rings is 2. The van der Waals surface area contributed by atoms with Gasteiger partial charge in [-0.3, -0.25) is 0 Å². The first-order valence-corrected chi connectivity index (χ1v) is 7.41. The van der Waals surface area contributed by atoms with E-state index >= 15 is 0 Å². The van der Waals surface area contributed by atoms with Gasteiger partial charge in [0.25, 0.3) is 0 Å². The highest BCUT2D eigenvalue weighted by molar-refractivity contribution is 5.85. The van der Waals surface area contributed by atoms with Crippen molar-refractivity contribution in [3.8, 4) is 0 Å². The third-order valence-electron chi connectivity index (χ3n) is 4.20. The van der Waals surface area contributed by atoms with Crippen molar-refractivity contribution in [1.29, 1.82) is 0 Å². The summed E-state index contributed by atoms with van der Waals surface area (Å²) in [6.07, 6.45) is 3.58. The number of rotatable bonds is 2. The third-order valence-corrected chi connectivity index (χ3v) is 4.20. The number of aromatic nitrogens is 2. The first-order chi connectivity index (χ1) is 10.4. The molecule has 0 spiro atoms. The molecule has 1 aromatic heterocycles. The first-order valence-electron chi connectivity index (χ1n) is 7.41. The minimum Gasteiger partial charge on any atom is -0.312 e. The first kappa shape index (κ1) is 12.5. The molecule has 104 valence electrons. The second kappa shape index (κ2) is 5.26. The third kappa shape index (κ3) is 2.30. The molecule has 0 bridgehead atoms. The lowest BCUT2D eigenvalue weighted by molar-refractivity contribution is 0.618. The molecule has 0 unspecified atom stereocenters. The van der Waals surface area contributed by atoms with E-state index in [9.17, 15) is 0 Å². The van der Waals surface area contributed by atoms with E-state index in [1.807, 2.05) is 0 Å². The number of hydrogen-bond acceptors (Lipinski definition) is 3. The van der Waals surface area contributed by atoms with Crippen LogP contribution in [0.25, 0.3) is 10.8 Å². The molecule has 2 heterocycles. The van der Waals surface area contributed by atoms with Crippen LogP contribution in [-0.2, 0) is 19.4 Å². The highest BCUT2D eigenvalue weighted by atomic mass is 14.9. The van der Waals surface area contributed by atoms with E-state index in [1.165, 1.54) is 27.6 Å². The highest BCUT2D eigenvalue weighted by Crippen LogP contribution is 2.23. The van der Waals surface area contributed by atoms with Gasteiger partial charge in [-0.15, -0.1) is 0 Å². The van der Waals surface area contributed by atoms with Gasteiger partial charge in [-0.1, -0.05) is 42.5 Å². The van der Waals surface area contributed by atoms with Gasteiger partial charge in [-0.05, 0) is 16.3 Å². The highest BCUT2D eigenvalue weighted by Gasteiger charge is 2.15. The molecule has 3 aromatic rings. The van der Waals surface area contributed by atoms with Gasteiger partial charge in [0.05, 0.1) is 5.69 Å². The molecule has 1 N–H and O–H groups in total. The van der Waals surface area contributed by atoms with Crippen LogP contribution < -0.4 is 5.32 Å². The summed E-state index contributed by atoms with van der Waals surface area (Å²) in [6, 6.07) is 15.0. The standard InChI is InChI=1S/C18H17N3/c1-2-7-15-13(4-1)5-3-6-14(15)10-18-16-11-19-9-8-17(16)20-12-21-18/h1-7,12,19H,8-11H2. The maximum Gasteiger partial charge on any atom is 0.115 e. The summed E-state index contributed by atoms with van der Waals surface area (Å²) in [6.45, 7) is 1.90. The van der Waals surface area contributed by atoms with Gasteiger partial charge >= 0.3 is 0 Å². The van der Waals surface area contributed by atoms with Gasteiger partial charge in [0, 0.05) is 37.2 Å². The van der Waals surface area contributed by atoms with E-state index in [0.717, 1.165) is 31.6 Å². The van der Waals surface area contributed by atoms with Gasteiger partial charge in [-0.2, -0.15) is 0 Å². The van der Waals surface area contributed by atoms with Crippen molar-refractivity contribution in [1.82, 2.24) is 15.3 Å². The fourth-order valence-electron chi connectivity index (χ4n) is 3.11. The summed E-state index contributed by atoms with van der Waals surface area (Å²) in [7, 11) is 0. The predicted octanol–water partition coefficient (Wildman–Crippen LogP) is 2.87. The van der Waals surface area contributed by atoms with Gasteiger partial charge in [0.2, 0.25) is 0 Å². The van der Waals surface area contributed by atoms with Crippen LogP contribution in [0.3, 0.4) is 0 Å². The average molecular weight is 275 g/mol. The van der Waals surface area contributed by atoms with E-state index in [0.29, 0.717) is 0 Å². The van der Waals surface area contributed by atoms with E-state index in [2.05, 4.69) is 57.7 Å². The van der Waals surface area contributed by atoms with E-state index in [-0.39, 0.29) is 0 Å². The molecule has 1 aliphatic heterocycles. The van der Waals surface area contributed by atoms with Crippen molar-refractivity contribution >= 4 is 10.8 Å². The number of nitrogens with one attached hydrogen (secondary N) is 1. The average Bonchev–Trinajstić information content (AvgIpc) is 2.56. The zero-order chi connectivity index (χ0) is 14.1. The Labute approximate surface area is 124 Å². The molecule has 0 atom stereocenters. The Bertz CT molecular complexity index is 790. The van der Waals surface area contributed by atoms with Crippen LogP contribution in [0.15, 0.2) is 48.8 Å². The quantitative estimate of drug-likeness (QED) is 0.781. The zero-order valence-electron chi connectivity index (χ0n) is 11.8. The Kier molecular flexibility index (Phi) is 3.13.